The molecule has 0 saturated heterocycles. The van der Waals surface area contributed by atoms with Crippen molar-refractivity contribution in [1.29, 1.82) is 0 Å². The lowest BCUT2D eigenvalue weighted by atomic mass is 10.1. The van der Waals surface area contributed by atoms with Gasteiger partial charge in [0, 0.05) is 7.05 Å². The molecule has 2 aromatic rings. The summed E-state index contributed by atoms with van der Waals surface area (Å²) >= 11 is 0. The first-order chi connectivity index (χ1) is 11.7. The molecule has 1 amide bonds. The third-order valence-electron chi connectivity index (χ3n) is 4.15. The summed E-state index contributed by atoms with van der Waals surface area (Å²) in [6.07, 6.45) is 0.257. The standard InChI is InChI=1S/C18H22N2O4S/c1-13(15-7-9-17(10-8-15)25(19,22)23)20(2)18(21)12-14-5-4-6-16(11-14)24-3/h4-11,13H,12H2,1-3H3,(H2,19,22,23). The lowest BCUT2D eigenvalue weighted by Crippen LogP contribution is -2.31. The average Bonchev–Trinajstić information content (AvgIpc) is 2.60. The molecule has 2 N–H and O–H groups in total. The summed E-state index contributed by atoms with van der Waals surface area (Å²) in [6.45, 7) is 1.88. The number of hydrogen-bond donors (Lipinski definition) is 1. The molecule has 0 radical (unpaired) electrons. The largest absolute Gasteiger partial charge is 0.497 e. The first-order valence-corrected chi connectivity index (χ1v) is 9.28. The minimum atomic E-state index is -3.72. The molecule has 0 aliphatic rings. The van der Waals surface area contributed by atoms with Crippen LogP contribution in [-0.2, 0) is 21.2 Å². The van der Waals surface area contributed by atoms with Crippen molar-refractivity contribution in [2.75, 3.05) is 14.2 Å². The zero-order chi connectivity index (χ0) is 18.6. The quantitative estimate of drug-likeness (QED) is 0.852. The minimum Gasteiger partial charge on any atom is -0.497 e. The van der Waals surface area contributed by atoms with Crippen molar-refractivity contribution in [3.05, 3.63) is 59.7 Å². The molecule has 0 heterocycles. The molecule has 6 nitrogen and oxygen atoms in total. The van der Waals surface area contributed by atoms with Crippen LogP contribution in [0.15, 0.2) is 53.4 Å². The number of ether oxygens (including phenoxy) is 1. The maximum absolute atomic E-state index is 12.5. The number of carbonyl (C=O) groups is 1. The summed E-state index contributed by atoms with van der Waals surface area (Å²) in [5.74, 6) is 0.663. The van der Waals surface area contributed by atoms with Gasteiger partial charge in [0.2, 0.25) is 15.9 Å². The Bertz CT molecular complexity index is 848. The molecule has 1 unspecified atom stereocenters. The van der Waals surface area contributed by atoms with Crippen LogP contribution in [0.3, 0.4) is 0 Å². The Kier molecular flexibility index (Phi) is 5.81. The first-order valence-electron chi connectivity index (χ1n) is 7.73. The lowest BCUT2D eigenvalue weighted by Gasteiger charge is -2.25. The molecule has 0 bridgehead atoms. The van der Waals surface area contributed by atoms with Gasteiger partial charge in [0.25, 0.3) is 0 Å². The number of sulfonamides is 1. The number of nitrogens with two attached hydrogens (primary N) is 1. The van der Waals surface area contributed by atoms with Crippen molar-refractivity contribution in [3.8, 4) is 5.75 Å². The van der Waals surface area contributed by atoms with Crippen molar-refractivity contribution in [2.24, 2.45) is 5.14 Å². The fraction of sp³-hybridized carbons (Fsp3) is 0.278. The predicted octanol–water partition coefficient (Wildman–Crippen LogP) is 2.10. The molecule has 0 aromatic heterocycles. The number of methoxy groups -OCH3 is 1. The summed E-state index contributed by atoms with van der Waals surface area (Å²) in [7, 11) is -0.415. The van der Waals surface area contributed by atoms with E-state index in [9.17, 15) is 13.2 Å². The van der Waals surface area contributed by atoms with E-state index in [-0.39, 0.29) is 23.3 Å². The fourth-order valence-corrected chi connectivity index (χ4v) is 2.97. The number of primary sulfonamides is 1. The molecular formula is C18H22N2O4S. The Morgan fingerprint density at radius 2 is 1.84 bits per heavy atom. The summed E-state index contributed by atoms with van der Waals surface area (Å²) in [4.78, 5) is 14.2. The second-order valence-corrected chi connectivity index (χ2v) is 7.38. The van der Waals surface area contributed by atoms with Gasteiger partial charge in [-0.05, 0) is 42.3 Å². The van der Waals surface area contributed by atoms with Crippen LogP contribution < -0.4 is 9.88 Å². The van der Waals surface area contributed by atoms with Crippen LogP contribution in [0.5, 0.6) is 5.75 Å². The van der Waals surface area contributed by atoms with E-state index in [1.165, 1.54) is 12.1 Å². The molecule has 1 atom stereocenters. The Hall–Kier alpha value is -2.38. The molecule has 0 saturated carbocycles. The molecule has 25 heavy (non-hydrogen) atoms. The van der Waals surface area contributed by atoms with E-state index in [1.54, 1.807) is 31.2 Å². The maximum atomic E-state index is 12.5. The Morgan fingerprint density at radius 1 is 1.20 bits per heavy atom. The van der Waals surface area contributed by atoms with Crippen LogP contribution in [0.1, 0.15) is 24.1 Å². The number of rotatable bonds is 6. The van der Waals surface area contributed by atoms with Crippen molar-refractivity contribution >= 4 is 15.9 Å². The van der Waals surface area contributed by atoms with E-state index < -0.39 is 10.0 Å². The zero-order valence-electron chi connectivity index (χ0n) is 14.5. The lowest BCUT2D eigenvalue weighted by molar-refractivity contribution is -0.131. The SMILES string of the molecule is COc1cccc(CC(=O)N(C)C(C)c2ccc(S(N)(=O)=O)cc2)c1. The summed E-state index contributed by atoms with van der Waals surface area (Å²) in [6, 6.07) is 13.4. The van der Waals surface area contributed by atoms with E-state index in [2.05, 4.69) is 0 Å². The minimum absolute atomic E-state index is 0.0451. The number of hydrogen-bond acceptors (Lipinski definition) is 4. The van der Waals surface area contributed by atoms with Gasteiger partial charge in [0.05, 0.1) is 24.5 Å². The number of carbonyl (C=O) groups excluding carboxylic acids is 1. The van der Waals surface area contributed by atoms with Gasteiger partial charge in [-0.25, -0.2) is 13.6 Å². The molecule has 0 spiro atoms. The van der Waals surface area contributed by atoms with Gasteiger partial charge in [-0.3, -0.25) is 4.79 Å². The smallest absolute Gasteiger partial charge is 0.238 e. The van der Waals surface area contributed by atoms with Gasteiger partial charge >= 0.3 is 0 Å². The van der Waals surface area contributed by atoms with E-state index in [1.807, 2.05) is 31.2 Å². The van der Waals surface area contributed by atoms with E-state index >= 15 is 0 Å². The van der Waals surface area contributed by atoms with Crippen LogP contribution in [0.25, 0.3) is 0 Å². The Labute approximate surface area is 148 Å². The second kappa shape index (κ2) is 7.67. The van der Waals surface area contributed by atoms with Crippen LogP contribution in [0.4, 0.5) is 0 Å². The average molecular weight is 362 g/mol. The van der Waals surface area contributed by atoms with E-state index in [0.29, 0.717) is 5.75 Å². The van der Waals surface area contributed by atoms with Gasteiger partial charge in [-0.2, -0.15) is 0 Å². The number of likely N-dealkylation sites (N-methyl/N-ethyl adjacent to an activating group) is 1. The maximum Gasteiger partial charge on any atom is 0.238 e. The van der Waals surface area contributed by atoms with Gasteiger partial charge in [0.1, 0.15) is 5.75 Å². The number of benzene rings is 2. The van der Waals surface area contributed by atoms with E-state index in [4.69, 9.17) is 9.88 Å². The molecule has 134 valence electrons. The molecule has 0 aliphatic heterocycles. The second-order valence-electron chi connectivity index (χ2n) is 5.82. The Balaban J connectivity index is 2.10. The van der Waals surface area contributed by atoms with Crippen molar-refractivity contribution in [1.82, 2.24) is 4.90 Å². The molecule has 0 fully saturated rings. The van der Waals surface area contributed by atoms with Crippen molar-refractivity contribution < 1.29 is 17.9 Å². The number of amides is 1. The highest BCUT2D eigenvalue weighted by molar-refractivity contribution is 7.89. The van der Waals surface area contributed by atoms with Gasteiger partial charge < -0.3 is 9.64 Å². The third-order valence-corrected chi connectivity index (χ3v) is 5.08. The molecule has 7 heteroatoms. The van der Waals surface area contributed by atoms with Crippen LogP contribution in [-0.4, -0.2) is 33.4 Å². The van der Waals surface area contributed by atoms with Crippen LogP contribution in [0, 0.1) is 0 Å². The van der Waals surface area contributed by atoms with Gasteiger partial charge in [-0.15, -0.1) is 0 Å². The zero-order valence-corrected chi connectivity index (χ0v) is 15.3. The van der Waals surface area contributed by atoms with Crippen LogP contribution >= 0.6 is 0 Å². The summed E-state index contributed by atoms with van der Waals surface area (Å²) < 4.78 is 27.8. The summed E-state index contributed by atoms with van der Waals surface area (Å²) in [5, 5.41) is 5.10. The first kappa shape index (κ1) is 19.0. The Morgan fingerprint density at radius 3 is 2.40 bits per heavy atom. The van der Waals surface area contributed by atoms with E-state index in [0.717, 1.165) is 11.1 Å². The monoisotopic (exact) mass is 362 g/mol. The normalized spacial score (nSPS) is 12.5. The number of nitrogens with zero attached hydrogens (tertiary/aromatic N) is 1. The highest BCUT2D eigenvalue weighted by Gasteiger charge is 2.18. The third kappa shape index (κ3) is 4.80. The van der Waals surface area contributed by atoms with Gasteiger partial charge in [-0.1, -0.05) is 24.3 Å². The highest BCUT2D eigenvalue weighted by Crippen LogP contribution is 2.22. The molecule has 0 aliphatic carbocycles. The fourth-order valence-electron chi connectivity index (χ4n) is 2.46. The topological polar surface area (TPSA) is 89.7 Å². The molecule has 2 aromatic carbocycles. The molecule has 2 rings (SSSR count). The van der Waals surface area contributed by atoms with Gasteiger partial charge in [0.15, 0.2) is 0 Å². The predicted molar refractivity (Wildman–Crippen MR) is 95.7 cm³/mol. The molecular weight excluding hydrogens is 340 g/mol. The summed E-state index contributed by atoms with van der Waals surface area (Å²) in [5.41, 5.74) is 1.70. The highest BCUT2D eigenvalue weighted by atomic mass is 32.2. The van der Waals surface area contributed by atoms with Crippen molar-refractivity contribution in [3.63, 3.8) is 0 Å². The van der Waals surface area contributed by atoms with Crippen LogP contribution in [0.2, 0.25) is 0 Å². The van der Waals surface area contributed by atoms with Crippen molar-refractivity contribution in [2.45, 2.75) is 24.3 Å².